The summed E-state index contributed by atoms with van der Waals surface area (Å²) in [6.07, 6.45) is 0. The average Bonchev–Trinajstić information content (AvgIpc) is 2.36. The van der Waals surface area contributed by atoms with Crippen molar-refractivity contribution >= 4 is 44.7 Å². The van der Waals surface area contributed by atoms with Gasteiger partial charge < -0.3 is 10.5 Å². The zero-order valence-electron chi connectivity index (χ0n) is 10.1. The van der Waals surface area contributed by atoms with Gasteiger partial charge in [0.2, 0.25) is 0 Å². The molecule has 0 radical (unpaired) electrons. The van der Waals surface area contributed by atoms with E-state index in [0.29, 0.717) is 15.8 Å². The van der Waals surface area contributed by atoms with E-state index in [0.717, 1.165) is 21.3 Å². The fraction of sp³-hybridized carbons (Fsp3) is 0.0714. The molecule has 2 aromatic rings. The van der Waals surface area contributed by atoms with Crippen LogP contribution in [0, 0.1) is 6.92 Å². The lowest BCUT2D eigenvalue weighted by atomic mass is 10.2. The molecule has 0 fully saturated rings. The minimum atomic E-state index is 0.312. The second-order valence-electron chi connectivity index (χ2n) is 4.02. The van der Waals surface area contributed by atoms with E-state index in [1.807, 2.05) is 25.1 Å². The smallest absolute Gasteiger partial charge is 0.146 e. The van der Waals surface area contributed by atoms with E-state index >= 15 is 0 Å². The van der Waals surface area contributed by atoms with Gasteiger partial charge in [-0.2, -0.15) is 0 Å². The number of nitrogens with two attached hydrogens (primary N) is 1. The Morgan fingerprint density at radius 2 is 1.95 bits per heavy atom. The normalized spacial score (nSPS) is 10.3. The summed E-state index contributed by atoms with van der Waals surface area (Å²) in [4.78, 5) is 0.312. The molecule has 0 atom stereocenters. The molecule has 0 aromatic heterocycles. The summed E-state index contributed by atoms with van der Waals surface area (Å²) in [5, 5.41) is 0.477. The summed E-state index contributed by atoms with van der Waals surface area (Å²) in [6.45, 7) is 1.97. The minimum Gasteiger partial charge on any atom is -0.455 e. The van der Waals surface area contributed by atoms with Crippen molar-refractivity contribution in [3.8, 4) is 11.5 Å². The molecule has 19 heavy (non-hydrogen) atoms. The number of hydrogen-bond acceptors (Lipinski definition) is 2. The van der Waals surface area contributed by atoms with E-state index in [4.69, 9.17) is 34.3 Å². The average molecular weight is 357 g/mol. The van der Waals surface area contributed by atoms with Crippen LogP contribution in [0.15, 0.2) is 40.9 Å². The van der Waals surface area contributed by atoms with Gasteiger partial charge >= 0.3 is 0 Å². The third-order valence-corrected chi connectivity index (χ3v) is 3.61. The molecule has 5 heteroatoms. The predicted octanol–water partition coefficient (Wildman–Crippen LogP) is 4.84. The van der Waals surface area contributed by atoms with Crippen LogP contribution in [0.2, 0.25) is 5.02 Å². The number of halogens is 2. The van der Waals surface area contributed by atoms with Crippen LogP contribution < -0.4 is 10.5 Å². The topological polar surface area (TPSA) is 35.2 Å². The van der Waals surface area contributed by atoms with Crippen molar-refractivity contribution in [2.45, 2.75) is 6.92 Å². The van der Waals surface area contributed by atoms with Crippen molar-refractivity contribution in [2.24, 2.45) is 5.73 Å². The maximum absolute atomic E-state index is 6.16. The van der Waals surface area contributed by atoms with Crippen molar-refractivity contribution in [1.82, 2.24) is 0 Å². The maximum Gasteiger partial charge on any atom is 0.146 e. The number of ether oxygens (including phenoxy) is 1. The largest absolute Gasteiger partial charge is 0.455 e. The van der Waals surface area contributed by atoms with Gasteiger partial charge in [0.15, 0.2) is 0 Å². The summed E-state index contributed by atoms with van der Waals surface area (Å²) in [5.74, 6) is 1.32. The van der Waals surface area contributed by atoms with Gasteiger partial charge in [-0.1, -0.05) is 45.8 Å². The molecule has 2 aromatic carbocycles. The number of benzene rings is 2. The first kappa shape index (κ1) is 14.3. The summed E-state index contributed by atoms with van der Waals surface area (Å²) in [7, 11) is 0. The first-order valence-corrected chi connectivity index (χ1v) is 7.08. The standard InChI is InChI=1S/C14H11BrClNOS/c1-8-2-4-10(15)7-13(8)18-12-5-3-9(14(17)19)6-11(12)16/h2-7H,1H3,(H2,17,19). The molecule has 0 saturated carbocycles. The van der Waals surface area contributed by atoms with E-state index in [2.05, 4.69) is 15.9 Å². The lowest BCUT2D eigenvalue weighted by molar-refractivity contribution is 0.479. The highest BCUT2D eigenvalue weighted by atomic mass is 79.9. The van der Waals surface area contributed by atoms with E-state index in [1.54, 1.807) is 18.2 Å². The molecule has 0 unspecified atom stereocenters. The van der Waals surface area contributed by atoms with Crippen LogP contribution >= 0.6 is 39.7 Å². The molecular weight excluding hydrogens is 346 g/mol. The van der Waals surface area contributed by atoms with Crippen molar-refractivity contribution in [2.75, 3.05) is 0 Å². The molecular formula is C14H11BrClNOS. The van der Waals surface area contributed by atoms with Gasteiger partial charge in [-0.25, -0.2) is 0 Å². The third-order valence-electron chi connectivity index (χ3n) is 2.59. The van der Waals surface area contributed by atoms with Gasteiger partial charge in [-0.15, -0.1) is 0 Å². The fourth-order valence-corrected chi connectivity index (χ4v) is 2.23. The Labute approximate surface area is 130 Å². The summed E-state index contributed by atoms with van der Waals surface area (Å²) < 4.78 is 6.76. The molecule has 0 aliphatic rings. The van der Waals surface area contributed by atoms with Crippen LogP contribution in [0.4, 0.5) is 0 Å². The Balaban J connectivity index is 2.33. The zero-order chi connectivity index (χ0) is 14.0. The van der Waals surface area contributed by atoms with Crippen LogP contribution in [0.5, 0.6) is 11.5 Å². The maximum atomic E-state index is 6.16. The van der Waals surface area contributed by atoms with Gasteiger partial charge in [0.05, 0.1) is 5.02 Å². The lowest BCUT2D eigenvalue weighted by Gasteiger charge is -2.11. The third kappa shape index (κ3) is 3.47. The van der Waals surface area contributed by atoms with E-state index < -0.39 is 0 Å². The Kier molecular flexibility index (Phi) is 4.45. The van der Waals surface area contributed by atoms with E-state index in [9.17, 15) is 0 Å². The van der Waals surface area contributed by atoms with Gasteiger partial charge in [0.25, 0.3) is 0 Å². The van der Waals surface area contributed by atoms with Gasteiger partial charge in [0, 0.05) is 10.0 Å². The highest BCUT2D eigenvalue weighted by Crippen LogP contribution is 2.33. The molecule has 0 aliphatic carbocycles. The Morgan fingerprint density at radius 3 is 2.58 bits per heavy atom. The highest BCUT2D eigenvalue weighted by molar-refractivity contribution is 9.10. The number of thiocarbonyl (C=S) groups is 1. The molecule has 0 heterocycles. The fourth-order valence-electron chi connectivity index (χ4n) is 1.54. The minimum absolute atomic E-state index is 0.312. The summed E-state index contributed by atoms with van der Waals surface area (Å²) in [6, 6.07) is 11.1. The summed E-state index contributed by atoms with van der Waals surface area (Å²) >= 11 is 14.5. The van der Waals surface area contributed by atoms with E-state index in [1.165, 1.54) is 0 Å². The van der Waals surface area contributed by atoms with Crippen LogP contribution in [-0.2, 0) is 0 Å². The SMILES string of the molecule is Cc1ccc(Br)cc1Oc1ccc(C(N)=S)cc1Cl. The number of rotatable bonds is 3. The van der Waals surface area contributed by atoms with Crippen molar-refractivity contribution in [3.63, 3.8) is 0 Å². The van der Waals surface area contributed by atoms with Crippen LogP contribution in [0.25, 0.3) is 0 Å². The molecule has 2 rings (SSSR count). The summed E-state index contributed by atoms with van der Waals surface area (Å²) in [5.41, 5.74) is 7.30. The molecule has 0 bridgehead atoms. The van der Waals surface area contributed by atoms with Crippen molar-refractivity contribution < 1.29 is 4.74 Å². The first-order valence-electron chi connectivity index (χ1n) is 5.51. The quantitative estimate of drug-likeness (QED) is 0.799. The Hall–Kier alpha value is -1.10. The molecule has 0 amide bonds. The Morgan fingerprint density at radius 1 is 1.21 bits per heavy atom. The number of hydrogen-bond donors (Lipinski definition) is 1. The van der Waals surface area contributed by atoms with Gasteiger partial charge in [-0.3, -0.25) is 0 Å². The van der Waals surface area contributed by atoms with Gasteiger partial charge in [0.1, 0.15) is 16.5 Å². The molecule has 0 spiro atoms. The molecule has 0 saturated heterocycles. The number of aryl methyl sites for hydroxylation is 1. The second-order valence-corrected chi connectivity index (χ2v) is 5.78. The van der Waals surface area contributed by atoms with Crippen LogP contribution in [0.1, 0.15) is 11.1 Å². The lowest BCUT2D eigenvalue weighted by Crippen LogP contribution is -2.08. The molecule has 2 N–H and O–H groups in total. The van der Waals surface area contributed by atoms with Crippen LogP contribution in [-0.4, -0.2) is 4.99 Å². The predicted molar refractivity (Wildman–Crippen MR) is 86.3 cm³/mol. The zero-order valence-corrected chi connectivity index (χ0v) is 13.3. The Bertz CT molecular complexity index is 645. The monoisotopic (exact) mass is 355 g/mol. The second kappa shape index (κ2) is 5.90. The molecule has 98 valence electrons. The molecule has 0 aliphatic heterocycles. The first-order chi connectivity index (χ1) is 8.97. The molecule has 2 nitrogen and oxygen atoms in total. The van der Waals surface area contributed by atoms with Crippen molar-refractivity contribution in [3.05, 3.63) is 57.0 Å². The van der Waals surface area contributed by atoms with Gasteiger partial charge in [-0.05, 0) is 42.8 Å². The van der Waals surface area contributed by atoms with Crippen molar-refractivity contribution in [1.29, 1.82) is 0 Å². The van der Waals surface area contributed by atoms with E-state index in [-0.39, 0.29) is 0 Å². The highest BCUT2D eigenvalue weighted by Gasteiger charge is 2.08. The van der Waals surface area contributed by atoms with Crippen LogP contribution in [0.3, 0.4) is 0 Å².